The van der Waals surface area contributed by atoms with Gasteiger partial charge in [-0.25, -0.2) is 15.0 Å². The molecule has 12 rings (SSSR count). The lowest BCUT2D eigenvalue weighted by Gasteiger charge is -2.14. The highest BCUT2D eigenvalue weighted by molar-refractivity contribution is 6.17. The van der Waals surface area contributed by atoms with Crippen LogP contribution in [0.5, 0.6) is 0 Å². The summed E-state index contributed by atoms with van der Waals surface area (Å²) in [6, 6.07) is 72.2. The highest BCUT2D eigenvalue weighted by Gasteiger charge is 2.22. The Kier molecular flexibility index (Phi) is 7.78. The number of hydrogen-bond acceptors (Lipinski definition) is 4. The summed E-state index contributed by atoms with van der Waals surface area (Å²) in [5.41, 5.74) is 11.9. The molecule has 9 aromatic carbocycles. The summed E-state index contributed by atoms with van der Waals surface area (Å²) in [6.45, 7) is 0. The zero-order valence-corrected chi connectivity index (χ0v) is 32.3. The predicted octanol–water partition coefficient (Wildman–Crippen LogP) is 14.4. The first-order valence-electron chi connectivity index (χ1n) is 20.2. The molecular weight excluding hydrogens is 733 g/mol. The van der Waals surface area contributed by atoms with Crippen LogP contribution in [0.15, 0.2) is 211 Å². The van der Waals surface area contributed by atoms with E-state index in [-0.39, 0.29) is 0 Å². The molecular formula is C55H34N4O. The van der Waals surface area contributed by atoms with Crippen LogP contribution in [0, 0.1) is 0 Å². The van der Waals surface area contributed by atoms with Crippen molar-refractivity contribution in [3.63, 3.8) is 0 Å². The van der Waals surface area contributed by atoms with Crippen molar-refractivity contribution in [2.75, 3.05) is 0 Å². The van der Waals surface area contributed by atoms with Gasteiger partial charge in [-0.3, -0.25) is 0 Å². The van der Waals surface area contributed by atoms with Crippen molar-refractivity contribution in [2.45, 2.75) is 0 Å². The molecule has 0 saturated carbocycles. The Bertz CT molecular complexity index is 3590. The van der Waals surface area contributed by atoms with Crippen LogP contribution in [0.1, 0.15) is 0 Å². The molecule has 0 radical (unpaired) electrons. The Morgan fingerprint density at radius 1 is 0.317 bits per heavy atom. The van der Waals surface area contributed by atoms with Crippen molar-refractivity contribution in [2.24, 2.45) is 0 Å². The zero-order chi connectivity index (χ0) is 39.6. The fourth-order valence-electron chi connectivity index (χ4n) is 8.73. The molecule has 3 aromatic heterocycles. The lowest BCUT2D eigenvalue weighted by molar-refractivity contribution is 0.669. The standard InChI is InChI=1S/C55H34N4O/c1-3-14-35(15-4-1)37-26-28-38(29-27-37)53-56-54(42-21-13-20-39(30-42)36-16-5-2-6-17-36)58-55(57-53)43-33-49(52-45-23-10-12-25-50(45)60-51(52)34-43)59-47-24-11-9-22-44(47)46-31-40-18-7-8-19-41(40)32-48(46)59/h1-34H. The first kappa shape index (κ1) is 33.9. The Hall–Kier alpha value is -8.15. The third kappa shape index (κ3) is 5.67. The van der Waals surface area contributed by atoms with Gasteiger partial charge in [-0.2, -0.15) is 0 Å². The van der Waals surface area contributed by atoms with E-state index in [1.165, 1.54) is 21.5 Å². The van der Waals surface area contributed by atoms with E-state index in [4.69, 9.17) is 19.4 Å². The number of benzene rings is 9. The molecule has 5 heteroatoms. The molecule has 0 atom stereocenters. The molecule has 12 aromatic rings. The van der Waals surface area contributed by atoms with Crippen LogP contribution >= 0.6 is 0 Å². The van der Waals surface area contributed by atoms with E-state index in [0.717, 1.165) is 77.6 Å². The second kappa shape index (κ2) is 13.8. The molecule has 5 nitrogen and oxygen atoms in total. The molecule has 3 heterocycles. The van der Waals surface area contributed by atoms with Gasteiger partial charge in [0.05, 0.1) is 22.1 Å². The van der Waals surface area contributed by atoms with Gasteiger partial charge in [0.15, 0.2) is 17.5 Å². The van der Waals surface area contributed by atoms with Crippen molar-refractivity contribution in [1.82, 2.24) is 19.5 Å². The average Bonchev–Trinajstić information content (AvgIpc) is 3.86. The normalized spacial score (nSPS) is 11.7. The van der Waals surface area contributed by atoms with Gasteiger partial charge in [-0.15, -0.1) is 0 Å². The predicted molar refractivity (Wildman–Crippen MR) is 246 cm³/mol. The van der Waals surface area contributed by atoms with Crippen LogP contribution in [0.4, 0.5) is 0 Å². The molecule has 0 aliphatic carbocycles. The molecule has 0 amide bonds. The summed E-state index contributed by atoms with van der Waals surface area (Å²) < 4.78 is 9.10. The highest BCUT2D eigenvalue weighted by atomic mass is 16.3. The fourth-order valence-corrected chi connectivity index (χ4v) is 8.73. The lowest BCUT2D eigenvalue weighted by atomic mass is 10.0. The third-order valence-corrected chi connectivity index (χ3v) is 11.6. The third-order valence-electron chi connectivity index (χ3n) is 11.6. The minimum absolute atomic E-state index is 0.557. The van der Waals surface area contributed by atoms with Crippen LogP contribution < -0.4 is 0 Å². The molecule has 0 unspecified atom stereocenters. The minimum Gasteiger partial charge on any atom is -0.456 e. The van der Waals surface area contributed by atoms with E-state index >= 15 is 0 Å². The molecule has 60 heavy (non-hydrogen) atoms. The quantitative estimate of drug-likeness (QED) is 0.169. The monoisotopic (exact) mass is 766 g/mol. The average molecular weight is 767 g/mol. The number of aromatic nitrogens is 4. The van der Waals surface area contributed by atoms with E-state index in [9.17, 15) is 0 Å². The summed E-state index contributed by atoms with van der Waals surface area (Å²) in [5, 5.41) is 6.85. The molecule has 0 saturated heterocycles. The molecule has 0 aliphatic rings. The van der Waals surface area contributed by atoms with Gasteiger partial charge in [0.2, 0.25) is 0 Å². The number of rotatable bonds is 6. The van der Waals surface area contributed by atoms with E-state index < -0.39 is 0 Å². The maximum atomic E-state index is 6.71. The van der Waals surface area contributed by atoms with Crippen molar-refractivity contribution in [1.29, 1.82) is 0 Å². The van der Waals surface area contributed by atoms with Gasteiger partial charge in [0.1, 0.15) is 11.2 Å². The van der Waals surface area contributed by atoms with Crippen molar-refractivity contribution in [3.05, 3.63) is 206 Å². The Balaban J connectivity index is 1.12. The maximum absolute atomic E-state index is 6.71. The van der Waals surface area contributed by atoms with Gasteiger partial charge in [0, 0.05) is 32.8 Å². The van der Waals surface area contributed by atoms with Crippen LogP contribution in [0.3, 0.4) is 0 Å². The Morgan fingerprint density at radius 2 is 0.867 bits per heavy atom. The fraction of sp³-hybridized carbons (Fsp3) is 0. The minimum atomic E-state index is 0.557. The largest absolute Gasteiger partial charge is 0.456 e. The zero-order valence-electron chi connectivity index (χ0n) is 32.3. The molecule has 0 N–H and O–H groups in total. The lowest BCUT2D eigenvalue weighted by Crippen LogP contribution is -2.02. The summed E-state index contributed by atoms with van der Waals surface area (Å²) in [5.74, 6) is 1.74. The van der Waals surface area contributed by atoms with Crippen molar-refractivity contribution in [3.8, 4) is 62.1 Å². The molecule has 0 aliphatic heterocycles. The van der Waals surface area contributed by atoms with Crippen LogP contribution in [-0.4, -0.2) is 19.5 Å². The van der Waals surface area contributed by atoms with Crippen LogP contribution in [0.25, 0.3) is 117 Å². The van der Waals surface area contributed by atoms with Crippen molar-refractivity contribution >= 4 is 54.5 Å². The van der Waals surface area contributed by atoms with Gasteiger partial charge in [-0.05, 0) is 75.5 Å². The molecule has 0 spiro atoms. The van der Waals surface area contributed by atoms with Gasteiger partial charge in [0.25, 0.3) is 0 Å². The summed E-state index contributed by atoms with van der Waals surface area (Å²) in [4.78, 5) is 15.7. The first-order chi connectivity index (χ1) is 29.7. The number of nitrogens with zero attached hydrogens (tertiary/aromatic N) is 4. The summed E-state index contributed by atoms with van der Waals surface area (Å²) >= 11 is 0. The number of para-hydroxylation sites is 2. The SMILES string of the molecule is c1ccc(-c2ccc(-c3nc(-c4cccc(-c5ccccc5)c4)nc(-c4cc(-n5c6ccccc6c6cc7ccccc7cc65)c5c(c4)oc4ccccc45)n3)cc2)cc1. The van der Waals surface area contributed by atoms with Crippen LogP contribution in [-0.2, 0) is 0 Å². The van der Waals surface area contributed by atoms with Gasteiger partial charge < -0.3 is 8.98 Å². The van der Waals surface area contributed by atoms with Crippen LogP contribution in [0.2, 0.25) is 0 Å². The number of furan rings is 1. The summed E-state index contributed by atoms with van der Waals surface area (Å²) in [6.07, 6.45) is 0. The van der Waals surface area contributed by atoms with E-state index in [0.29, 0.717) is 17.5 Å². The first-order valence-corrected chi connectivity index (χ1v) is 20.2. The summed E-state index contributed by atoms with van der Waals surface area (Å²) in [7, 11) is 0. The smallest absolute Gasteiger partial charge is 0.164 e. The molecule has 0 bridgehead atoms. The van der Waals surface area contributed by atoms with Gasteiger partial charge in [-0.1, -0.05) is 164 Å². The molecule has 0 fully saturated rings. The maximum Gasteiger partial charge on any atom is 0.164 e. The number of fused-ring (bicyclic) bond motifs is 7. The second-order valence-corrected chi connectivity index (χ2v) is 15.2. The second-order valence-electron chi connectivity index (χ2n) is 15.2. The topological polar surface area (TPSA) is 56.7 Å². The Morgan fingerprint density at radius 3 is 1.63 bits per heavy atom. The molecule has 280 valence electrons. The van der Waals surface area contributed by atoms with E-state index in [1.54, 1.807) is 0 Å². The van der Waals surface area contributed by atoms with Crippen molar-refractivity contribution < 1.29 is 4.42 Å². The highest BCUT2D eigenvalue weighted by Crippen LogP contribution is 2.42. The number of hydrogen-bond donors (Lipinski definition) is 0. The Labute approximate surface area is 345 Å². The van der Waals surface area contributed by atoms with Gasteiger partial charge >= 0.3 is 0 Å². The van der Waals surface area contributed by atoms with E-state index in [1.807, 2.05) is 24.3 Å². The van der Waals surface area contributed by atoms with E-state index in [2.05, 4.69) is 187 Å².